The lowest BCUT2D eigenvalue weighted by atomic mass is 9.45. The highest BCUT2D eigenvalue weighted by atomic mass is 32.2. The van der Waals surface area contributed by atoms with E-state index < -0.39 is 10.1 Å². The minimum absolute atomic E-state index is 0.0933. The minimum Gasteiger partial charge on any atom is -0.370 e. The molecule has 0 N–H and O–H groups in total. The third kappa shape index (κ3) is 3.75. The summed E-state index contributed by atoms with van der Waals surface area (Å²) >= 11 is 0. The number of epoxide rings is 1. The van der Waals surface area contributed by atoms with E-state index >= 15 is 0 Å². The Balaban J connectivity index is 1.23. The first-order chi connectivity index (χ1) is 17.5. The second-order valence-corrected chi connectivity index (χ2v) is 16.1. The number of hydrogen-bond acceptors (Lipinski definition) is 4. The molecule has 10 atom stereocenters. The van der Waals surface area contributed by atoms with E-state index in [-0.39, 0.29) is 17.6 Å². The number of quaternary nitrogens is 1. The molecule has 4 saturated carbocycles. The third-order valence-corrected chi connectivity index (χ3v) is 14.1. The smallest absolute Gasteiger partial charge is 0.297 e. The molecule has 2 aliphatic heterocycles. The van der Waals surface area contributed by atoms with Gasteiger partial charge in [-0.1, -0.05) is 31.5 Å². The molecular weight excluding hydrogens is 482 g/mol. The number of fused-ring (bicyclic) bond motifs is 6. The minimum atomic E-state index is -3.83. The Hall–Kier alpha value is -0.950. The van der Waals surface area contributed by atoms with Crippen LogP contribution in [0.1, 0.15) is 77.2 Å². The van der Waals surface area contributed by atoms with Crippen LogP contribution >= 0.6 is 0 Å². The van der Waals surface area contributed by atoms with Gasteiger partial charge in [-0.3, -0.25) is 4.18 Å². The molecule has 2 heterocycles. The van der Waals surface area contributed by atoms with E-state index in [4.69, 9.17) is 8.92 Å². The number of likely N-dealkylation sites (N-methyl/N-ethyl adjacent to an activating group) is 1. The Morgan fingerprint density at radius 3 is 2.41 bits per heavy atom. The summed E-state index contributed by atoms with van der Waals surface area (Å²) in [5.41, 5.74) is 1.35. The van der Waals surface area contributed by atoms with Gasteiger partial charge in [0.05, 0.1) is 37.2 Å². The lowest BCUT2D eigenvalue weighted by Gasteiger charge is -2.59. The number of benzene rings is 1. The second kappa shape index (κ2) is 8.28. The predicted octanol–water partition coefficient (Wildman–Crippen LogP) is 5.71. The molecule has 5 nitrogen and oxygen atoms in total. The number of aryl methyl sites for hydroxylation is 1. The van der Waals surface area contributed by atoms with Crippen LogP contribution in [0.25, 0.3) is 0 Å². The first-order valence-corrected chi connectivity index (χ1v) is 16.4. The van der Waals surface area contributed by atoms with Gasteiger partial charge in [-0.05, 0) is 86.7 Å². The standard InChI is InChI=1S/C31H46NO4S/c1-20-7-10-22(11-8-20)37(33,34)36-29-26(32(4)15-5-6-16-32)18-25-23-12-9-21-17-27-28(35-27)19-31(21,3)24(23)13-14-30(25,29)2/h7-8,10-11,21,23-29H,5-6,9,12-19H2,1-4H3/q+1/t21?,23-,24-,25+,26?,27?,28?,29?,30+,31+/m1/s1. The second-order valence-electron chi connectivity index (χ2n) is 14.6. The summed E-state index contributed by atoms with van der Waals surface area (Å²) < 4.78 is 40.9. The number of nitrogens with zero attached hydrogens (tertiary/aromatic N) is 1. The topological polar surface area (TPSA) is 55.9 Å². The summed E-state index contributed by atoms with van der Waals surface area (Å²) in [5, 5.41) is 0. The van der Waals surface area contributed by atoms with E-state index in [1.54, 1.807) is 12.1 Å². The van der Waals surface area contributed by atoms with Crippen molar-refractivity contribution < 1.29 is 21.8 Å². The Labute approximate surface area is 224 Å². The molecule has 0 radical (unpaired) electrons. The molecule has 0 aromatic heterocycles. The van der Waals surface area contributed by atoms with Crippen molar-refractivity contribution in [2.45, 2.75) is 108 Å². The fourth-order valence-corrected chi connectivity index (χ4v) is 11.7. The zero-order valence-electron chi connectivity index (χ0n) is 23.2. The van der Waals surface area contributed by atoms with E-state index in [9.17, 15) is 8.42 Å². The molecule has 0 amide bonds. The van der Waals surface area contributed by atoms with Gasteiger partial charge < -0.3 is 9.22 Å². The van der Waals surface area contributed by atoms with Crippen molar-refractivity contribution in [1.82, 2.24) is 0 Å². The molecule has 7 rings (SSSR count). The summed E-state index contributed by atoms with van der Waals surface area (Å²) in [5.74, 6) is 2.77. The first-order valence-electron chi connectivity index (χ1n) is 15.0. The van der Waals surface area contributed by atoms with Crippen molar-refractivity contribution >= 4 is 10.1 Å². The van der Waals surface area contributed by atoms with Gasteiger partial charge in [0.25, 0.3) is 10.1 Å². The normalized spacial score (nSPS) is 48.0. The number of hydrogen-bond donors (Lipinski definition) is 0. The van der Waals surface area contributed by atoms with Gasteiger partial charge in [-0.15, -0.1) is 0 Å². The van der Waals surface area contributed by atoms with Crippen LogP contribution < -0.4 is 0 Å². The van der Waals surface area contributed by atoms with E-state index in [0.29, 0.717) is 34.4 Å². The highest BCUT2D eigenvalue weighted by molar-refractivity contribution is 7.86. The van der Waals surface area contributed by atoms with Crippen molar-refractivity contribution in [3.8, 4) is 0 Å². The fourth-order valence-electron chi connectivity index (χ4n) is 10.5. The molecule has 1 aromatic rings. The average molecular weight is 529 g/mol. The van der Waals surface area contributed by atoms with Crippen LogP contribution in [0.4, 0.5) is 0 Å². The van der Waals surface area contributed by atoms with E-state index in [0.717, 1.165) is 47.8 Å². The lowest BCUT2D eigenvalue weighted by Crippen LogP contribution is -2.57. The van der Waals surface area contributed by atoms with E-state index in [1.165, 1.54) is 44.9 Å². The molecule has 6 heteroatoms. The Morgan fingerprint density at radius 1 is 0.946 bits per heavy atom. The molecule has 1 aromatic carbocycles. The van der Waals surface area contributed by atoms with Crippen molar-refractivity contribution in [3.63, 3.8) is 0 Å². The van der Waals surface area contributed by atoms with Crippen molar-refractivity contribution in [3.05, 3.63) is 29.8 Å². The molecule has 204 valence electrons. The van der Waals surface area contributed by atoms with Crippen molar-refractivity contribution in [2.24, 2.45) is 34.5 Å². The van der Waals surface area contributed by atoms with Crippen LogP contribution in [-0.2, 0) is 19.0 Å². The van der Waals surface area contributed by atoms with E-state index in [1.807, 2.05) is 19.1 Å². The van der Waals surface area contributed by atoms with E-state index in [2.05, 4.69) is 20.9 Å². The van der Waals surface area contributed by atoms with Crippen LogP contribution in [0.3, 0.4) is 0 Å². The van der Waals surface area contributed by atoms with Gasteiger partial charge in [0.15, 0.2) is 0 Å². The van der Waals surface area contributed by atoms with Crippen molar-refractivity contribution in [2.75, 3.05) is 20.1 Å². The van der Waals surface area contributed by atoms with Crippen molar-refractivity contribution in [1.29, 1.82) is 0 Å². The molecule has 0 spiro atoms. The lowest BCUT2D eigenvalue weighted by molar-refractivity contribution is -0.924. The quantitative estimate of drug-likeness (QED) is 0.285. The van der Waals surface area contributed by atoms with Gasteiger partial charge in [0.1, 0.15) is 12.1 Å². The largest absolute Gasteiger partial charge is 0.370 e. The van der Waals surface area contributed by atoms with Crippen LogP contribution in [-0.4, -0.2) is 57.4 Å². The first kappa shape index (κ1) is 25.0. The summed E-state index contributed by atoms with van der Waals surface area (Å²) in [4.78, 5) is 0.302. The van der Waals surface area contributed by atoms with Gasteiger partial charge in [0.2, 0.25) is 0 Å². The Kier molecular flexibility index (Phi) is 5.61. The SMILES string of the molecule is Cc1ccc(S(=O)(=O)OC2C([N+]3(C)CCCC3)C[C@H]3[C@@H]4CCC5CC6OC6C[C@]5(C)[C@@H]4CC[C@]23C)cc1. The Bertz CT molecular complexity index is 1160. The molecular formula is C31H46NO4S+. The number of likely N-dealkylation sites (tertiary alicyclic amines) is 1. The molecule has 37 heavy (non-hydrogen) atoms. The van der Waals surface area contributed by atoms with Crippen LogP contribution in [0.2, 0.25) is 0 Å². The zero-order valence-corrected chi connectivity index (χ0v) is 24.0. The third-order valence-electron chi connectivity index (χ3n) is 12.8. The summed E-state index contributed by atoms with van der Waals surface area (Å²) in [6, 6.07) is 7.45. The summed E-state index contributed by atoms with van der Waals surface area (Å²) in [6.07, 6.45) is 11.8. The molecule has 2 saturated heterocycles. The van der Waals surface area contributed by atoms with Gasteiger partial charge in [0, 0.05) is 24.7 Å². The summed E-state index contributed by atoms with van der Waals surface area (Å²) in [6.45, 7) is 9.27. The maximum absolute atomic E-state index is 13.7. The highest BCUT2D eigenvalue weighted by Crippen LogP contribution is 2.69. The maximum Gasteiger partial charge on any atom is 0.297 e. The van der Waals surface area contributed by atoms with Crippen LogP contribution in [0, 0.1) is 41.4 Å². The average Bonchev–Trinajstić information content (AvgIpc) is 3.33. The van der Waals surface area contributed by atoms with Gasteiger partial charge in [-0.25, -0.2) is 0 Å². The highest BCUT2D eigenvalue weighted by Gasteiger charge is 2.68. The fraction of sp³-hybridized carbons (Fsp3) is 0.806. The summed E-state index contributed by atoms with van der Waals surface area (Å²) in [7, 11) is -1.44. The predicted molar refractivity (Wildman–Crippen MR) is 143 cm³/mol. The van der Waals surface area contributed by atoms with Crippen LogP contribution in [0.15, 0.2) is 29.2 Å². The zero-order chi connectivity index (χ0) is 25.8. The molecule has 6 fully saturated rings. The maximum atomic E-state index is 13.7. The van der Waals surface area contributed by atoms with Gasteiger partial charge >= 0.3 is 0 Å². The molecule has 0 bridgehead atoms. The monoisotopic (exact) mass is 528 g/mol. The molecule has 6 aliphatic rings. The molecule has 5 unspecified atom stereocenters. The Morgan fingerprint density at radius 2 is 1.68 bits per heavy atom. The molecule has 4 aliphatic carbocycles. The van der Waals surface area contributed by atoms with Gasteiger partial charge in [-0.2, -0.15) is 8.42 Å². The number of rotatable bonds is 4. The number of ether oxygens (including phenoxy) is 1. The van der Waals surface area contributed by atoms with Crippen LogP contribution in [0.5, 0.6) is 0 Å².